The normalized spacial score (nSPS) is 13.5. The maximum Gasteiger partial charge on any atom is 0.255 e. The molecule has 0 radical (unpaired) electrons. The van der Waals surface area contributed by atoms with Crippen molar-refractivity contribution < 1.29 is 9.21 Å². The number of carbonyl (C=O) groups is 1. The second-order valence-corrected chi connectivity index (χ2v) is 7.33. The molecule has 0 saturated heterocycles. The largest absolute Gasteiger partial charge is 0.463 e. The first-order valence-electron chi connectivity index (χ1n) is 10.2. The molecule has 1 amide bonds. The number of amides is 1. The second kappa shape index (κ2) is 8.06. The molecule has 3 aromatic rings. The van der Waals surface area contributed by atoms with E-state index in [0.29, 0.717) is 23.2 Å². The van der Waals surface area contributed by atoms with E-state index in [2.05, 4.69) is 20.4 Å². The minimum atomic E-state index is -0.142. The number of rotatable bonds is 6. The molecule has 1 aliphatic rings. The van der Waals surface area contributed by atoms with E-state index in [1.807, 2.05) is 13.8 Å². The Kier molecular flexibility index (Phi) is 5.33. The van der Waals surface area contributed by atoms with Crippen LogP contribution in [-0.2, 0) is 17.6 Å². The fraction of sp³-hybridized carbons (Fsp3) is 0.429. The van der Waals surface area contributed by atoms with E-state index in [0.717, 1.165) is 49.8 Å². The van der Waals surface area contributed by atoms with Crippen molar-refractivity contribution in [3.8, 4) is 17.4 Å². The SMILES string of the molecule is CCC(CC)C(=O)Nc1cc(-c2ccco2)nn1-c1nc2c(c(=O)[nH]1)CCCC2. The van der Waals surface area contributed by atoms with Crippen molar-refractivity contribution in [2.45, 2.75) is 52.4 Å². The van der Waals surface area contributed by atoms with E-state index in [4.69, 9.17) is 4.42 Å². The summed E-state index contributed by atoms with van der Waals surface area (Å²) in [6.45, 7) is 3.98. The molecule has 8 nitrogen and oxygen atoms in total. The number of nitrogens with one attached hydrogen (secondary N) is 2. The zero-order valence-corrected chi connectivity index (χ0v) is 16.7. The first-order valence-corrected chi connectivity index (χ1v) is 10.2. The summed E-state index contributed by atoms with van der Waals surface area (Å²) in [5, 5.41) is 7.50. The smallest absolute Gasteiger partial charge is 0.255 e. The third-order valence-electron chi connectivity index (χ3n) is 5.47. The lowest BCUT2D eigenvalue weighted by molar-refractivity contribution is -0.120. The Morgan fingerprint density at radius 2 is 2.10 bits per heavy atom. The molecule has 4 rings (SSSR count). The molecule has 0 bridgehead atoms. The number of nitrogens with zero attached hydrogens (tertiary/aromatic N) is 3. The third kappa shape index (κ3) is 3.74. The number of aromatic amines is 1. The van der Waals surface area contributed by atoms with Gasteiger partial charge in [0.15, 0.2) is 5.76 Å². The number of aryl methyl sites for hydroxylation is 1. The van der Waals surface area contributed by atoms with Gasteiger partial charge in [-0.2, -0.15) is 9.78 Å². The van der Waals surface area contributed by atoms with E-state index in [-0.39, 0.29) is 17.4 Å². The van der Waals surface area contributed by atoms with Gasteiger partial charge in [0, 0.05) is 17.5 Å². The van der Waals surface area contributed by atoms with Crippen molar-refractivity contribution in [3.05, 3.63) is 46.1 Å². The fourth-order valence-corrected chi connectivity index (χ4v) is 3.75. The molecule has 1 aliphatic carbocycles. The zero-order valence-electron chi connectivity index (χ0n) is 16.7. The van der Waals surface area contributed by atoms with Crippen molar-refractivity contribution in [2.24, 2.45) is 5.92 Å². The number of hydrogen-bond acceptors (Lipinski definition) is 5. The fourth-order valence-electron chi connectivity index (χ4n) is 3.75. The van der Waals surface area contributed by atoms with Crippen molar-refractivity contribution in [1.29, 1.82) is 0 Å². The summed E-state index contributed by atoms with van der Waals surface area (Å²) in [5.41, 5.74) is 1.97. The molecule has 0 spiro atoms. The van der Waals surface area contributed by atoms with Crippen LogP contribution < -0.4 is 10.9 Å². The van der Waals surface area contributed by atoms with Gasteiger partial charge in [-0.25, -0.2) is 4.98 Å². The number of H-pyrrole nitrogens is 1. The Morgan fingerprint density at radius 3 is 2.83 bits per heavy atom. The maximum atomic E-state index is 12.7. The minimum absolute atomic E-state index is 0.0811. The predicted molar refractivity (Wildman–Crippen MR) is 109 cm³/mol. The minimum Gasteiger partial charge on any atom is -0.463 e. The first kappa shape index (κ1) is 19.2. The molecule has 0 aromatic carbocycles. The number of hydrogen-bond donors (Lipinski definition) is 2. The van der Waals surface area contributed by atoms with Crippen LogP contribution in [0.3, 0.4) is 0 Å². The van der Waals surface area contributed by atoms with Crippen LogP contribution in [0.15, 0.2) is 33.7 Å². The number of furan rings is 1. The molecule has 0 aliphatic heterocycles. The van der Waals surface area contributed by atoms with Crippen molar-refractivity contribution in [2.75, 3.05) is 5.32 Å². The van der Waals surface area contributed by atoms with Crippen LogP contribution in [0.2, 0.25) is 0 Å². The van der Waals surface area contributed by atoms with Crippen LogP contribution in [0, 0.1) is 5.92 Å². The number of aromatic nitrogens is 4. The number of carbonyl (C=O) groups excluding carboxylic acids is 1. The molecular formula is C21H25N5O3. The zero-order chi connectivity index (χ0) is 20.4. The summed E-state index contributed by atoms with van der Waals surface area (Å²) in [4.78, 5) is 32.8. The van der Waals surface area contributed by atoms with Crippen LogP contribution >= 0.6 is 0 Å². The Hall–Kier alpha value is -3.16. The Labute approximate surface area is 168 Å². The van der Waals surface area contributed by atoms with Crippen LogP contribution in [0.1, 0.15) is 50.8 Å². The summed E-state index contributed by atoms with van der Waals surface area (Å²) in [5.74, 6) is 1.14. The standard InChI is InChI=1S/C21H25N5O3/c1-3-13(4-2)19(27)23-18-12-16(17-10-7-11-29-17)25-26(18)21-22-15-9-6-5-8-14(15)20(28)24-21/h7,10-13H,3-6,8-9H2,1-2H3,(H,23,27)(H,22,24,28). The van der Waals surface area contributed by atoms with Gasteiger partial charge in [0.25, 0.3) is 5.56 Å². The molecule has 152 valence electrons. The lowest BCUT2D eigenvalue weighted by Crippen LogP contribution is -2.26. The molecular weight excluding hydrogens is 370 g/mol. The average Bonchev–Trinajstić information content (AvgIpc) is 3.39. The van der Waals surface area contributed by atoms with Gasteiger partial charge in [-0.3, -0.25) is 14.6 Å². The lowest BCUT2D eigenvalue weighted by atomic mass is 9.97. The van der Waals surface area contributed by atoms with E-state index >= 15 is 0 Å². The Bertz CT molecular complexity index is 1060. The lowest BCUT2D eigenvalue weighted by Gasteiger charge is -2.16. The van der Waals surface area contributed by atoms with Gasteiger partial charge in [0.2, 0.25) is 11.9 Å². The maximum absolute atomic E-state index is 12.7. The molecule has 3 heterocycles. The van der Waals surface area contributed by atoms with Gasteiger partial charge in [0.1, 0.15) is 11.5 Å². The number of anilines is 1. The van der Waals surface area contributed by atoms with E-state index in [1.54, 1.807) is 24.5 Å². The van der Waals surface area contributed by atoms with Gasteiger partial charge in [-0.15, -0.1) is 0 Å². The molecule has 0 atom stereocenters. The molecule has 29 heavy (non-hydrogen) atoms. The predicted octanol–water partition coefficient (Wildman–Crippen LogP) is 3.47. The van der Waals surface area contributed by atoms with Crippen molar-refractivity contribution >= 4 is 11.7 Å². The van der Waals surface area contributed by atoms with Gasteiger partial charge in [-0.1, -0.05) is 13.8 Å². The highest BCUT2D eigenvalue weighted by atomic mass is 16.3. The van der Waals surface area contributed by atoms with Crippen LogP contribution in [0.4, 0.5) is 5.82 Å². The third-order valence-corrected chi connectivity index (χ3v) is 5.47. The van der Waals surface area contributed by atoms with Crippen molar-refractivity contribution in [3.63, 3.8) is 0 Å². The van der Waals surface area contributed by atoms with Gasteiger partial charge in [0.05, 0.1) is 12.0 Å². The molecule has 0 unspecified atom stereocenters. The quantitative estimate of drug-likeness (QED) is 0.665. The first-order chi connectivity index (χ1) is 14.1. The average molecular weight is 395 g/mol. The summed E-state index contributed by atoms with van der Waals surface area (Å²) in [6, 6.07) is 5.30. The summed E-state index contributed by atoms with van der Waals surface area (Å²) >= 11 is 0. The van der Waals surface area contributed by atoms with E-state index in [1.165, 1.54) is 4.68 Å². The molecule has 8 heteroatoms. The van der Waals surface area contributed by atoms with Gasteiger partial charge >= 0.3 is 0 Å². The Morgan fingerprint density at radius 1 is 1.31 bits per heavy atom. The molecule has 3 aromatic heterocycles. The molecule has 0 saturated carbocycles. The second-order valence-electron chi connectivity index (χ2n) is 7.33. The summed E-state index contributed by atoms with van der Waals surface area (Å²) in [7, 11) is 0. The van der Waals surface area contributed by atoms with Gasteiger partial charge in [-0.05, 0) is 50.7 Å². The van der Waals surface area contributed by atoms with E-state index < -0.39 is 0 Å². The van der Waals surface area contributed by atoms with Gasteiger partial charge < -0.3 is 9.73 Å². The monoisotopic (exact) mass is 395 g/mol. The topological polar surface area (TPSA) is 106 Å². The summed E-state index contributed by atoms with van der Waals surface area (Å²) in [6.07, 6.45) is 6.58. The van der Waals surface area contributed by atoms with Crippen LogP contribution in [0.25, 0.3) is 17.4 Å². The Balaban J connectivity index is 1.78. The highest BCUT2D eigenvalue weighted by molar-refractivity contribution is 5.92. The van der Waals surface area contributed by atoms with Crippen LogP contribution in [-0.4, -0.2) is 25.7 Å². The highest BCUT2D eigenvalue weighted by Gasteiger charge is 2.22. The highest BCUT2D eigenvalue weighted by Crippen LogP contribution is 2.25. The van der Waals surface area contributed by atoms with E-state index in [9.17, 15) is 9.59 Å². The van der Waals surface area contributed by atoms with Crippen molar-refractivity contribution in [1.82, 2.24) is 19.7 Å². The number of fused-ring (bicyclic) bond motifs is 1. The summed E-state index contributed by atoms with van der Waals surface area (Å²) < 4.78 is 6.93. The molecule has 0 fully saturated rings. The molecule has 2 N–H and O–H groups in total. The van der Waals surface area contributed by atoms with Crippen LogP contribution in [0.5, 0.6) is 0 Å².